The fourth-order valence-corrected chi connectivity index (χ4v) is 3.25. The van der Waals surface area contributed by atoms with Crippen LogP contribution in [0.4, 0.5) is 5.69 Å². The lowest BCUT2D eigenvalue weighted by molar-refractivity contribution is 0.351. The lowest BCUT2D eigenvalue weighted by atomic mass is 9.89. The largest absolute Gasteiger partial charge is 0.371 e. The number of nitrogens with two attached hydrogens (primary N) is 1. The lowest BCUT2D eigenvalue weighted by Gasteiger charge is -2.26. The Kier molecular flexibility index (Phi) is 5.12. The minimum absolute atomic E-state index is 0.556. The second-order valence-electron chi connectivity index (χ2n) is 5.90. The SMILES string of the molecule is CC(C)C1CCCN(c2ccc(Cl)cc2CN)CC1. The van der Waals surface area contributed by atoms with E-state index in [0.717, 1.165) is 35.5 Å². The molecule has 1 aromatic carbocycles. The zero-order chi connectivity index (χ0) is 13.8. The average molecular weight is 281 g/mol. The normalized spacial score (nSPS) is 20.7. The maximum absolute atomic E-state index is 6.06. The Morgan fingerprint density at radius 2 is 2.11 bits per heavy atom. The Morgan fingerprint density at radius 1 is 1.32 bits per heavy atom. The van der Waals surface area contributed by atoms with Crippen LogP contribution in [0.25, 0.3) is 0 Å². The van der Waals surface area contributed by atoms with E-state index >= 15 is 0 Å². The van der Waals surface area contributed by atoms with Crippen LogP contribution in [-0.4, -0.2) is 13.1 Å². The lowest BCUT2D eigenvalue weighted by Crippen LogP contribution is -2.26. The van der Waals surface area contributed by atoms with Crippen LogP contribution in [0.2, 0.25) is 5.02 Å². The third-order valence-electron chi connectivity index (χ3n) is 4.32. The summed E-state index contributed by atoms with van der Waals surface area (Å²) < 4.78 is 0. The molecular formula is C16H25ClN2. The first-order chi connectivity index (χ1) is 9.11. The molecule has 1 saturated heterocycles. The summed E-state index contributed by atoms with van der Waals surface area (Å²) in [6.07, 6.45) is 3.90. The highest BCUT2D eigenvalue weighted by Crippen LogP contribution is 2.30. The Balaban J connectivity index is 2.14. The first-order valence-electron chi connectivity index (χ1n) is 7.35. The van der Waals surface area contributed by atoms with Crippen LogP contribution in [0.1, 0.15) is 38.7 Å². The van der Waals surface area contributed by atoms with Gasteiger partial charge in [-0.15, -0.1) is 0 Å². The minimum atomic E-state index is 0.556. The van der Waals surface area contributed by atoms with Crippen molar-refractivity contribution in [3.8, 4) is 0 Å². The van der Waals surface area contributed by atoms with E-state index in [1.165, 1.54) is 24.9 Å². The number of halogens is 1. The van der Waals surface area contributed by atoms with E-state index in [1.54, 1.807) is 0 Å². The first-order valence-corrected chi connectivity index (χ1v) is 7.73. The molecule has 2 nitrogen and oxygen atoms in total. The van der Waals surface area contributed by atoms with Gasteiger partial charge in [-0.3, -0.25) is 0 Å². The van der Waals surface area contributed by atoms with Crippen LogP contribution in [0.3, 0.4) is 0 Å². The predicted octanol–water partition coefficient (Wildman–Crippen LogP) is 4.06. The topological polar surface area (TPSA) is 29.3 Å². The highest BCUT2D eigenvalue weighted by molar-refractivity contribution is 6.30. The van der Waals surface area contributed by atoms with Gasteiger partial charge in [0.05, 0.1) is 0 Å². The van der Waals surface area contributed by atoms with Gasteiger partial charge in [-0.05, 0) is 54.9 Å². The van der Waals surface area contributed by atoms with Crippen molar-refractivity contribution < 1.29 is 0 Å². The van der Waals surface area contributed by atoms with Crippen LogP contribution in [0, 0.1) is 11.8 Å². The molecule has 0 amide bonds. The van der Waals surface area contributed by atoms with Crippen molar-refractivity contribution >= 4 is 17.3 Å². The van der Waals surface area contributed by atoms with Gasteiger partial charge >= 0.3 is 0 Å². The van der Waals surface area contributed by atoms with E-state index in [9.17, 15) is 0 Å². The van der Waals surface area contributed by atoms with Gasteiger partial charge in [-0.2, -0.15) is 0 Å². The van der Waals surface area contributed by atoms with Crippen LogP contribution < -0.4 is 10.6 Å². The van der Waals surface area contributed by atoms with E-state index in [0.29, 0.717) is 6.54 Å². The number of hydrogen-bond donors (Lipinski definition) is 1. The van der Waals surface area contributed by atoms with Gasteiger partial charge in [-0.25, -0.2) is 0 Å². The van der Waals surface area contributed by atoms with Crippen LogP contribution >= 0.6 is 11.6 Å². The molecule has 1 atom stereocenters. The van der Waals surface area contributed by atoms with Crippen molar-refractivity contribution in [2.24, 2.45) is 17.6 Å². The summed E-state index contributed by atoms with van der Waals surface area (Å²) >= 11 is 6.06. The van der Waals surface area contributed by atoms with E-state index in [-0.39, 0.29) is 0 Å². The van der Waals surface area contributed by atoms with Gasteiger partial charge in [-0.1, -0.05) is 25.4 Å². The molecule has 0 spiro atoms. The molecule has 0 radical (unpaired) electrons. The third kappa shape index (κ3) is 3.64. The van der Waals surface area contributed by atoms with Crippen molar-refractivity contribution in [3.63, 3.8) is 0 Å². The van der Waals surface area contributed by atoms with E-state index in [2.05, 4.69) is 24.8 Å². The van der Waals surface area contributed by atoms with Gasteiger partial charge in [0.25, 0.3) is 0 Å². The molecule has 1 fully saturated rings. The molecule has 0 saturated carbocycles. The number of rotatable bonds is 3. The number of benzene rings is 1. The smallest absolute Gasteiger partial charge is 0.0412 e. The second kappa shape index (κ2) is 6.62. The molecule has 1 aliphatic rings. The van der Waals surface area contributed by atoms with Gasteiger partial charge in [0.15, 0.2) is 0 Å². The third-order valence-corrected chi connectivity index (χ3v) is 4.55. The molecule has 1 aliphatic heterocycles. The molecule has 1 unspecified atom stereocenters. The van der Waals surface area contributed by atoms with Crippen molar-refractivity contribution in [1.29, 1.82) is 0 Å². The molecule has 2 N–H and O–H groups in total. The Hall–Kier alpha value is -0.730. The standard InChI is InChI=1S/C16H25ClN2/c1-12(2)13-4-3-8-19(9-7-13)16-6-5-15(17)10-14(16)11-18/h5-6,10,12-13H,3-4,7-9,11,18H2,1-2H3. The van der Waals surface area contributed by atoms with Crippen molar-refractivity contribution in [3.05, 3.63) is 28.8 Å². The highest BCUT2D eigenvalue weighted by atomic mass is 35.5. The number of nitrogens with zero attached hydrogens (tertiary/aromatic N) is 1. The van der Waals surface area contributed by atoms with Crippen LogP contribution in [-0.2, 0) is 6.54 Å². The monoisotopic (exact) mass is 280 g/mol. The quantitative estimate of drug-likeness (QED) is 0.905. The van der Waals surface area contributed by atoms with Crippen LogP contribution in [0.5, 0.6) is 0 Å². The highest BCUT2D eigenvalue weighted by Gasteiger charge is 2.20. The second-order valence-corrected chi connectivity index (χ2v) is 6.34. The molecule has 106 valence electrons. The molecule has 0 aliphatic carbocycles. The molecule has 3 heteroatoms. The summed E-state index contributed by atoms with van der Waals surface area (Å²) in [6.45, 7) is 7.51. The zero-order valence-electron chi connectivity index (χ0n) is 12.0. The molecule has 1 aromatic rings. The molecule has 0 bridgehead atoms. The Labute approximate surface area is 121 Å². The summed E-state index contributed by atoms with van der Waals surface area (Å²) in [5.74, 6) is 1.65. The van der Waals surface area contributed by atoms with Crippen molar-refractivity contribution in [1.82, 2.24) is 0 Å². The maximum Gasteiger partial charge on any atom is 0.0412 e. The van der Waals surface area contributed by atoms with Crippen LogP contribution in [0.15, 0.2) is 18.2 Å². The van der Waals surface area contributed by atoms with E-state index in [4.69, 9.17) is 17.3 Å². The zero-order valence-corrected chi connectivity index (χ0v) is 12.8. The van der Waals surface area contributed by atoms with Crippen molar-refractivity contribution in [2.45, 2.75) is 39.7 Å². The summed E-state index contributed by atoms with van der Waals surface area (Å²) in [6, 6.07) is 6.10. The van der Waals surface area contributed by atoms with Gasteiger partial charge in [0, 0.05) is 30.3 Å². The molecule has 0 aromatic heterocycles. The minimum Gasteiger partial charge on any atom is -0.371 e. The van der Waals surface area contributed by atoms with Crippen molar-refractivity contribution in [2.75, 3.05) is 18.0 Å². The Bertz CT molecular complexity index is 417. The summed E-state index contributed by atoms with van der Waals surface area (Å²) in [7, 11) is 0. The maximum atomic E-state index is 6.06. The molecule has 1 heterocycles. The molecule has 2 rings (SSSR count). The number of anilines is 1. The first kappa shape index (κ1) is 14.7. The fourth-order valence-electron chi connectivity index (χ4n) is 3.06. The van der Waals surface area contributed by atoms with Gasteiger partial charge in [0.1, 0.15) is 0 Å². The van der Waals surface area contributed by atoms with Gasteiger partial charge in [0.2, 0.25) is 0 Å². The molecular weight excluding hydrogens is 256 g/mol. The van der Waals surface area contributed by atoms with E-state index in [1.807, 2.05) is 12.1 Å². The number of hydrogen-bond acceptors (Lipinski definition) is 2. The average Bonchev–Trinajstić information content (AvgIpc) is 2.64. The summed E-state index contributed by atoms with van der Waals surface area (Å²) in [5, 5.41) is 0.777. The molecule has 19 heavy (non-hydrogen) atoms. The van der Waals surface area contributed by atoms with Gasteiger partial charge < -0.3 is 10.6 Å². The Morgan fingerprint density at radius 3 is 2.79 bits per heavy atom. The van der Waals surface area contributed by atoms with E-state index < -0.39 is 0 Å². The summed E-state index contributed by atoms with van der Waals surface area (Å²) in [5.41, 5.74) is 8.29. The predicted molar refractivity (Wildman–Crippen MR) is 83.7 cm³/mol. The fraction of sp³-hybridized carbons (Fsp3) is 0.625. The summed E-state index contributed by atoms with van der Waals surface area (Å²) in [4.78, 5) is 2.49.